The van der Waals surface area contributed by atoms with Gasteiger partial charge in [-0.2, -0.15) is 0 Å². The number of fused-ring (bicyclic) bond motifs is 4. The average Bonchev–Trinajstić information content (AvgIpc) is 3.38. The molecular weight excluding hydrogens is 404 g/mol. The standard InChI is InChI=1S/C27H36O5/c1-13-11-21(31-25(30)14(13)2)15(3)18-5-6-19-17-12-23-27(32-23)22(29)8-7-20(28)24(27)16(17)9-10-26(18,19)4/h7-8,15-19,21-24,29H,5-6,9-12H2,1-4H3/t15-,16?,17+,18+,19-,21+,22-,23+,24?,26+,27+/m0/s1. The van der Waals surface area contributed by atoms with E-state index in [0.717, 1.165) is 31.3 Å². The summed E-state index contributed by atoms with van der Waals surface area (Å²) >= 11 is 0. The molecule has 0 aromatic heterocycles. The van der Waals surface area contributed by atoms with E-state index in [-0.39, 0.29) is 35.3 Å². The molecule has 1 saturated heterocycles. The number of carbonyl (C=O) groups is 2. The highest BCUT2D eigenvalue weighted by atomic mass is 16.6. The Labute approximate surface area is 190 Å². The molecule has 1 spiro atoms. The van der Waals surface area contributed by atoms with E-state index in [1.165, 1.54) is 18.4 Å². The average molecular weight is 441 g/mol. The van der Waals surface area contributed by atoms with E-state index in [9.17, 15) is 14.7 Å². The van der Waals surface area contributed by atoms with E-state index in [4.69, 9.17) is 9.47 Å². The molecule has 1 N–H and O–H groups in total. The van der Waals surface area contributed by atoms with E-state index in [2.05, 4.69) is 20.8 Å². The van der Waals surface area contributed by atoms with Crippen molar-refractivity contribution in [1.82, 2.24) is 0 Å². The van der Waals surface area contributed by atoms with Gasteiger partial charge in [-0.3, -0.25) is 4.79 Å². The summed E-state index contributed by atoms with van der Waals surface area (Å²) in [6.07, 6.45) is 8.88. The van der Waals surface area contributed by atoms with Crippen LogP contribution in [0.2, 0.25) is 0 Å². The number of allylic oxidation sites excluding steroid dienone is 1. The molecule has 0 bridgehead atoms. The number of aliphatic hydroxyl groups is 1. The van der Waals surface area contributed by atoms with Crippen LogP contribution in [0.4, 0.5) is 0 Å². The Bertz CT molecular complexity index is 934. The molecule has 2 unspecified atom stereocenters. The maximum atomic E-state index is 13.0. The van der Waals surface area contributed by atoms with Crippen LogP contribution in [0.3, 0.4) is 0 Å². The summed E-state index contributed by atoms with van der Waals surface area (Å²) in [6, 6.07) is 0. The van der Waals surface area contributed by atoms with Gasteiger partial charge in [0.05, 0.1) is 12.0 Å². The fourth-order valence-electron chi connectivity index (χ4n) is 9.04. The lowest BCUT2D eigenvalue weighted by molar-refractivity contribution is -0.151. The van der Waals surface area contributed by atoms with Crippen molar-refractivity contribution in [2.24, 2.45) is 40.9 Å². The molecule has 6 rings (SSSR count). The summed E-state index contributed by atoms with van der Waals surface area (Å²) in [5.74, 6) is 2.06. The van der Waals surface area contributed by atoms with Crippen molar-refractivity contribution in [2.45, 2.75) is 90.1 Å². The first-order valence-electron chi connectivity index (χ1n) is 12.6. The Morgan fingerprint density at radius 2 is 1.94 bits per heavy atom. The maximum absolute atomic E-state index is 13.0. The van der Waals surface area contributed by atoms with Crippen molar-refractivity contribution in [3.8, 4) is 0 Å². The lowest BCUT2D eigenvalue weighted by atomic mass is 9.49. The van der Waals surface area contributed by atoms with Gasteiger partial charge in [-0.25, -0.2) is 4.79 Å². The number of epoxide rings is 1. The van der Waals surface area contributed by atoms with Crippen LogP contribution in [-0.4, -0.2) is 40.8 Å². The number of rotatable bonds is 2. The fourth-order valence-corrected chi connectivity index (χ4v) is 9.04. The minimum Gasteiger partial charge on any atom is -0.458 e. The Kier molecular flexibility index (Phi) is 4.48. The highest BCUT2D eigenvalue weighted by molar-refractivity contribution is 5.95. The van der Waals surface area contributed by atoms with Crippen molar-refractivity contribution < 1.29 is 24.2 Å². The molecule has 5 heteroatoms. The number of hydrogen-bond acceptors (Lipinski definition) is 5. The van der Waals surface area contributed by atoms with Crippen LogP contribution < -0.4 is 0 Å². The lowest BCUT2D eigenvalue weighted by Crippen LogP contribution is -2.57. The van der Waals surface area contributed by atoms with Crippen molar-refractivity contribution in [3.63, 3.8) is 0 Å². The largest absolute Gasteiger partial charge is 0.458 e. The number of cyclic esters (lactones) is 1. The zero-order valence-corrected chi connectivity index (χ0v) is 19.7. The second-order valence-corrected chi connectivity index (χ2v) is 12.0. The van der Waals surface area contributed by atoms with Gasteiger partial charge in [0, 0.05) is 12.0 Å². The Balaban J connectivity index is 1.26. The first-order valence-corrected chi connectivity index (χ1v) is 12.6. The van der Waals surface area contributed by atoms with Crippen molar-refractivity contribution in [2.75, 3.05) is 0 Å². The van der Waals surface area contributed by atoms with Gasteiger partial charge in [0.15, 0.2) is 5.78 Å². The van der Waals surface area contributed by atoms with Crippen molar-refractivity contribution in [3.05, 3.63) is 23.3 Å². The van der Waals surface area contributed by atoms with Crippen molar-refractivity contribution >= 4 is 11.8 Å². The number of hydrogen-bond donors (Lipinski definition) is 1. The minimum atomic E-state index is -0.651. The predicted molar refractivity (Wildman–Crippen MR) is 118 cm³/mol. The smallest absolute Gasteiger partial charge is 0.333 e. The quantitative estimate of drug-likeness (QED) is 0.519. The van der Waals surface area contributed by atoms with E-state index in [0.29, 0.717) is 29.6 Å². The van der Waals surface area contributed by atoms with Crippen LogP contribution in [0, 0.1) is 40.9 Å². The maximum Gasteiger partial charge on any atom is 0.333 e. The van der Waals surface area contributed by atoms with Gasteiger partial charge in [-0.05, 0) is 93.1 Å². The third-order valence-corrected chi connectivity index (χ3v) is 10.9. The van der Waals surface area contributed by atoms with Gasteiger partial charge in [0.25, 0.3) is 0 Å². The zero-order chi connectivity index (χ0) is 22.6. The molecule has 32 heavy (non-hydrogen) atoms. The molecule has 6 aliphatic rings. The van der Waals surface area contributed by atoms with Gasteiger partial charge < -0.3 is 14.6 Å². The van der Waals surface area contributed by atoms with E-state index >= 15 is 0 Å². The second kappa shape index (κ2) is 6.79. The molecule has 4 fully saturated rings. The Morgan fingerprint density at radius 3 is 2.69 bits per heavy atom. The van der Waals surface area contributed by atoms with E-state index in [1.807, 2.05) is 6.92 Å². The summed E-state index contributed by atoms with van der Waals surface area (Å²) in [6.45, 7) is 8.69. The SMILES string of the molecule is CC1=C(C)C(=O)O[C@@H]([C@@H](C)[C@H]2CC[C@H]3[C@@H]4C[C@H]5O[C@@]56C(C(=O)C=C[C@@H]6O)C4CC[C@]23C)C1. The van der Waals surface area contributed by atoms with Gasteiger partial charge in [-0.15, -0.1) is 0 Å². The van der Waals surface area contributed by atoms with Crippen LogP contribution in [0.5, 0.6) is 0 Å². The van der Waals surface area contributed by atoms with Gasteiger partial charge in [-0.1, -0.05) is 19.4 Å². The van der Waals surface area contributed by atoms with Crippen LogP contribution in [-0.2, 0) is 19.1 Å². The van der Waals surface area contributed by atoms with E-state index in [1.54, 1.807) is 12.2 Å². The molecule has 0 radical (unpaired) electrons. The summed E-state index contributed by atoms with van der Waals surface area (Å²) in [4.78, 5) is 25.3. The number of carbonyl (C=O) groups excluding carboxylic acids is 2. The Hall–Kier alpha value is -1.46. The van der Waals surface area contributed by atoms with Crippen LogP contribution in [0.15, 0.2) is 23.3 Å². The molecule has 3 saturated carbocycles. The monoisotopic (exact) mass is 440 g/mol. The lowest BCUT2D eigenvalue weighted by Gasteiger charge is -2.54. The highest BCUT2D eigenvalue weighted by Crippen LogP contribution is 2.69. The number of aliphatic hydroxyl groups excluding tert-OH is 1. The predicted octanol–water partition coefficient (Wildman–Crippen LogP) is 3.99. The molecule has 5 nitrogen and oxygen atoms in total. The van der Waals surface area contributed by atoms with Crippen molar-refractivity contribution in [1.29, 1.82) is 0 Å². The van der Waals surface area contributed by atoms with Gasteiger partial charge in [0.1, 0.15) is 17.8 Å². The van der Waals surface area contributed by atoms with Crippen LogP contribution in [0.25, 0.3) is 0 Å². The Morgan fingerprint density at radius 1 is 1.16 bits per heavy atom. The number of ketones is 1. The molecule has 2 aliphatic heterocycles. The molecule has 174 valence electrons. The molecule has 0 aromatic rings. The van der Waals surface area contributed by atoms with Gasteiger partial charge in [0.2, 0.25) is 0 Å². The van der Waals surface area contributed by atoms with Crippen LogP contribution in [0.1, 0.15) is 66.2 Å². The molecular formula is C27H36O5. The highest BCUT2D eigenvalue weighted by Gasteiger charge is 2.75. The zero-order valence-electron chi connectivity index (χ0n) is 19.7. The number of esters is 1. The summed E-state index contributed by atoms with van der Waals surface area (Å²) in [5.41, 5.74) is 1.51. The molecule has 0 amide bonds. The summed E-state index contributed by atoms with van der Waals surface area (Å²) < 4.78 is 12.0. The number of ether oxygens (including phenoxy) is 2. The second-order valence-electron chi connectivity index (χ2n) is 12.0. The molecule has 11 atom stereocenters. The first-order chi connectivity index (χ1) is 15.2. The molecule has 2 heterocycles. The van der Waals surface area contributed by atoms with E-state index < -0.39 is 11.7 Å². The third-order valence-electron chi connectivity index (χ3n) is 10.9. The topological polar surface area (TPSA) is 76.1 Å². The fraction of sp³-hybridized carbons (Fsp3) is 0.778. The molecule has 4 aliphatic carbocycles. The van der Waals surface area contributed by atoms with Gasteiger partial charge >= 0.3 is 5.97 Å². The molecule has 0 aromatic carbocycles. The summed E-state index contributed by atoms with van der Waals surface area (Å²) in [7, 11) is 0. The summed E-state index contributed by atoms with van der Waals surface area (Å²) in [5, 5.41) is 10.7. The third kappa shape index (κ3) is 2.58. The minimum absolute atomic E-state index is 0.0199. The normalized spacial score (nSPS) is 52.5. The first kappa shape index (κ1) is 21.1. The van der Waals surface area contributed by atoms with Crippen LogP contribution >= 0.6 is 0 Å².